The van der Waals surface area contributed by atoms with E-state index in [0.717, 1.165) is 5.69 Å². The van der Waals surface area contributed by atoms with E-state index < -0.39 is 26.6 Å². The highest BCUT2D eigenvalue weighted by molar-refractivity contribution is 7.89. The van der Waals surface area contributed by atoms with Crippen molar-refractivity contribution in [3.63, 3.8) is 0 Å². The summed E-state index contributed by atoms with van der Waals surface area (Å²) in [7, 11) is -0.793. The maximum atomic E-state index is 13.5. The number of carbonyl (C=O) groups excluding carboxylic acids is 1. The number of hydrogen-bond acceptors (Lipinski definition) is 11. The van der Waals surface area contributed by atoms with Crippen LogP contribution in [0.1, 0.15) is 20.8 Å². The molecule has 0 saturated carbocycles. The lowest BCUT2D eigenvalue weighted by Crippen LogP contribution is -2.40. The third-order valence-corrected chi connectivity index (χ3v) is 8.39. The van der Waals surface area contributed by atoms with Crippen LogP contribution in [0.25, 0.3) is 21.1 Å². The number of non-ortho nitro benzene ring substituents is 1. The van der Waals surface area contributed by atoms with Gasteiger partial charge < -0.3 is 14.8 Å². The van der Waals surface area contributed by atoms with Crippen molar-refractivity contribution in [1.82, 2.24) is 14.7 Å². The van der Waals surface area contributed by atoms with Crippen molar-refractivity contribution in [2.24, 2.45) is 0 Å². The molecule has 15 heteroatoms. The molecule has 0 aliphatic carbocycles. The Balaban J connectivity index is 1.68. The van der Waals surface area contributed by atoms with Crippen molar-refractivity contribution >= 4 is 44.5 Å². The van der Waals surface area contributed by atoms with Crippen molar-refractivity contribution in [2.45, 2.75) is 31.2 Å². The molecule has 3 N–H and O–H groups in total. The molecule has 0 fully saturated rings. The second-order valence-corrected chi connectivity index (χ2v) is 12.6. The zero-order valence-electron chi connectivity index (χ0n) is 23.3. The van der Waals surface area contributed by atoms with Crippen LogP contribution < -0.4 is 24.8 Å². The lowest BCUT2D eigenvalue weighted by Gasteiger charge is -2.22. The average molecular weight is 613 g/mol. The number of carbonyl (C=O) groups is 1. The summed E-state index contributed by atoms with van der Waals surface area (Å²) < 4.78 is 40.4. The summed E-state index contributed by atoms with van der Waals surface area (Å²) in [5, 5.41) is 16.9. The first-order valence-corrected chi connectivity index (χ1v) is 14.7. The van der Waals surface area contributed by atoms with Crippen molar-refractivity contribution in [1.29, 1.82) is 0 Å². The molecule has 13 nitrogen and oxygen atoms in total. The van der Waals surface area contributed by atoms with Crippen LogP contribution in [-0.2, 0) is 10.0 Å². The fourth-order valence-corrected chi connectivity index (χ4v) is 6.46. The van der Waals surface area contributed by atoms with Gasteiger partial charge in [-0.3, -0.25) is 15.4 Å². The largest absolute Gasteiger partial charge is 0.494 e. The predicted octanol–water partition coefficient (Wildman–Crippen LogP) is 5.52. The van der Waals surface area contributed by atoms with Gasteiger partial charge in [0.05, 0.1) is 33.7 Å². The Hall–Kier alpha value is -4.60. The maximum absolute atomic E-state index is 13.5. The molecule has 4 rings (SSSR count). The molecular formula is C27H28N6O7S2. The Morgan fingerprint density at radius 3 is 2.36 bits per heavy atom. The highest BCUT2D eigenvalue weighted by atomic mass is 32.2. The molecule has 0 unspecified atom stereocenters. The molecule has 2 heterocycles. The van der Waals surface area contributed by atoms with Crippen molar-refractivity contribution in [3.05, 3.63) is 71.0 Å². The quantitative estimate of drug-likeness (QED) is 0.161. The average Bonchev–Trinajstić information content (AvgIpc) is 3.41. The summed E-state index contributed by atoms with van der Waals surface area (Å²) in [4.78, 5) is 32.2. The Bertz CT molecular complexity index is 1730. The zero-order valence-corrected chi connectivity index (χ0v) is 24.9. The highest BCUT2D eigenvalue weighted by Gasteiger charge is 2.27. The van der Waals surface area contributed by atoms with Crippen molar-refractivity contribution < 1.29 is 27.6 Å². The molecule has 1 amide bonds. The standard InChI is InChI=1S/C27H28N6O7S2/c1-27(2,3)32-42(37,38)23-13-16(31-26(34)40-19-9-7-18(8-10-19)33(35)36)6-11-20(23)22-15-30-25(41-22)24-21(39-5)12-17(28-4)14-29-24/h6-15,28,32H,1-5H3,(H,31,34). The van der Waals surface area contributed by atoms with E-state index in [4.69, 9.17) is 9.47 Å². The van der Waals surface area contributed by atoms with Crippen LogP contribution in [-0.4, -0.2) is 49.1 Å². The number of hydrogen-bond donors (Lipinski definition) is 3. The first-order valence-electron chi connectivity index (χ1n) is 12.4. The minimum Gasteiger partial charge on any atom is -0.494 e. The van der Waals surface area contributed by atoms with Crippen LogP contribution >= 0.6 is 11.3 Å². The number of nitrogens with zero attached hydrogens (tertiary/aromatic N) is 3. The normalized spacial score (nSPS) is 11.5. The molecule has 220 valence electrons. The van der Waals surface area contributed by atoms with Crippen LogP contribution in [0.5, 0.6) is 11.5 Å². The van der Waals surface area contributed by atoms with E-state index in [-0.39, 0.29) is 22.0 Å². The number of ether oxygens (including phenoxy) is 2. The van der Waals surface area contributed by atoms with Gasteiger partial charge in [-0.1, -0.05) is 6.07 Å². The first-order chi connectivity index (χ1) is 19.8. The van der Waals surface area contributed by atoms with Gasteiger partial charge in [-0.05, 0) is 45.0 Å². The molecule has 0 atom stereocenters. The lowest BCUT2D eigenvalue weighted by atomic mass is 10.1. The number of thiazole rings is 1. The number of benzene rings is 2. The van der Waals surface area contributed by atoms with E-state index >= 15 is 0 Å². The second-order valence-electron chi connectivity index (χ2n) is 9.89. The van der Waals surface area contributed by atoms with E-state index in [1.54, 1.807) is 52.3 Å². The fourth-order valence-electron chi connectivity index (χ4n) is 3.78. The summed E-state index contributed by atoms with van der Waals surface area (Å²) in [6, 6.07) is 11.1. The summed E-state index contributed by atoms with van der Waals surface area (Å²) in [6.07, 6.45) is 2.28. The van der Waals surface area contributed by atoms with E-state index in [1.807, 2.05) is 0 Å². The number of amides is 1. The minimum absolute atomic E-state index is 0.0703. The molecule has 0 spiro atoms. The van der Waals surface area contributed by atoms with Crippen molar-refractivity contribution in [2.75, 3.05) is 24.8 Å². The number of rotatable bonds is 9. The van der Waals surface area contributed by atoms with Gasteiger partial charge in [0.25, 0.3) is 5.69 Å². The predicted molar refractivity (Wildman–Crippen MR) is 160 cm³/mol. The fraction of sp³-hybridized carbons (Fsp3) is 0.222. The number of methoxy groups -OCH3 is 1. The topological polar surface area (TPSA) is 175 Å². The maximum Gasteiger partial charge on any atom is 0.417 e. The molecule has 0 radical (unpaired) electrons. The number of pyridine rings is 1. The van der Waals surface area contributed by atoms with Gasteiger partial charge in [0.2, 0.25) is 10.0 Å². The van der Waals surface area contributed by atoms with Gasteiger partial charge in [0.15, 0.2) is 0 Å². The molecule has 0 bridgehead atoms. The molecular weight excluding hydrogens is 584 g/mol. The Kier molecular flexibility index (Phi) is 8.75. The van der Waals surface area contributed by atoms with Gasteiger partial charge in [-0.25, -0.2) is 27.9 Å². The second kappa shape index (κ2) is 12.1. The molecule has 0 aliphatic rings. The van der Waals surface area contributed by atoms with Gasteiger partial charge in [0, 0.05) is 48.2 Å². The summed E-state index contributed by atoms with van der Waals surface area (Å²) in [6.45, 7) is 5.14. The van der Waals surface area contributed by atoms with E-state index in [9.17, 15) is 23.3 Å². The van der Waals surface area contributed by atoms with Gasteiger partial charge in [-0.15, -0.1) is 11.3 Å². The summed E-state index contributed by atoms with van der Waals surface area (Å²) >= 11 is 1.23. The minimum atomic E-state index is -4.08. The Morgan fingerprint density at radius 1 is 1.02 bits per heavy atom. The van der Waals surface area contributed by atoms with Gasteiger partial charge >= 0.3 is 6.09 Å². The molecule has 2 aromatic carbocycles. The summed E-state index contributed by atoms with van der Waals surface area (Å²) in [5.41, 5.74) is 0.808. The van der Waals surface area contributed by atoms with Gasteiger partial charge in [-0.2, -0.15) is 0 Å². The van der Waals surface area contributed by atoms with Crippen LogP contribution in [0, 0.1) is 10.1 Å². The molecule has 0 aliphatic heterocycles. The van der Waals surface area contributed by atoms with Gasteiger partial charge in [0.1, 0.15) is 22.2 Å². The van der Waals surface area contributed by atoms with E-state index in [0.29, 0.717) is 26.9 Å². The summed E-state index contributed by atoms with van der Waals surface area (Å²) in [5.74, 6) is 0.567. The van der Waals surface area contributed by atoms with E-state index in [1.165, 1.54) is 54.8 Å². The Labute approximate surface area is 246 Å². The number of nitro benzene ring substituents is 1. The monoisotopic (exact) mass is 612 g/mol. The molecule has 0 saturated heterocycles. The van der Waals surface area contributed by atoms with Crippen LogP contribution in [0.4, 0.5) is 21.9 Å². The number of sulfonamides is 1. The van der Waals surface area contributed by atoms with Crippen LogP contribution in [0.15, 0.2) is 65.8 Å². The highest BCUT2D eigenvalue weighted by Crippen LogP contribution is 2.39. The number of nitrogens with one attached hydrogen (secondary N) is 3. The SMILES string of the molecule is CNc1cnc(-c2ncc(-c3ccc(NC(=O)Oc4ccc([N+](=O)[O-])cc4)cc3S(=O)(=O)NC(C)(C)C)s2)c(OC)c1. The first kappa shape index (κ1) is 30.4. The molecule has 2 aromatic heterocycles. The third kappa shape index (κ3) is 7.18. The number of anilines is 2. The number of aromatic nitrogens is 2. The third-order valence-electron chi connectivity index (χ3n) is 5.55. The molecule has 42 heavy (non-hydrogen) atoms. The zero-order chi connectivity index (χ0) is 30.7. The van der Waals surface area contributed by atoms with Crippen LogP contribution in [0.3, 0.4) is 0 Å². The van der Waals surface area contributed by atoms with Crippen molar-refractivity contribution in [3.8, 4) is 32.6 Å². The lowest BCUT2D eigenvalue weighted by molar-refractivity contribution is -0.384. The van der Waals surface area contributed by atoms with Crippen LogP contribution in [0.2, 0.25) is 0 Å². The Morgan fingerprint density at radius 2 is 1.74 bits per heavy atom. The smallest absolute Gasteiger partial charge is 0.417 e. The molecule has 4 aromatic rings. The number of nitro groups is 1. The van der Waals surface area contributed by atoms with E-state index in [2.05, 4.69) is 25.3 Å².